The highest BCUT2D eigenvalue weighted by Gasteiger charge is 2.30. The Labute approximate surface area is 207 Å². The largest absolute Gasteiger partial charge is 0.351 e. The fourth-order valence-corrected chi connectivity index (χ4v) is 7.44. The number of nitrogens with zero attached hydrogens (tertiary/aromatic N) is 2. The third-order valence-electron chi connectivity index (χ3n) is 6.32. The Balaban J connectivity index is 1.45. The minimum atomic E-state index is -2.35. The average molecular weight is 511 g/mol. The lowest BCUT2D eigenvalue weighted by Crippen LogP contribution is -2.35. The van der Waals surface area contributed by atoms with Gasteiger partial charge in [-0.05, 0) is 49.1 Å². The van der Waals surface area contributed by atoms with Gasteiger partial charge in [0.25, 0.3) is 8.18 Å². The Kier molecular flexibility index (Phi) is 8.59. The molecule has 0 aliphatic carbocycles. The van der Waals surface area contributed by atoms with Crippen LogP contribution in [-0.4, -0.2) is 29.5 Å². The molecule has 0 aromatic heterocycles. The zero-order valence-electron chi connectivity index (χ0n) is 19.7. The average Bonchev–Trinajstić information content (AvgIpc) is 2.89. The Bertz CT molecular complexity index is 1210. The van der Waals surface area contributed by atoms with E-state index < -0.39 is 22.0 Å². The summed E-state index contributed by atoms with van der Waals surface area (Å²) >= 11 is 0. The SMILES string of the molecule is Cc1ccccc1N(C(N)=O)c1ccccc1[PH](=O)C1CCN([PH](=O)OCc2ccccc2)CC1. The van der Waals surface area contributed by atoms with Crippen LogP contribution in [0.3, 0.4) is 0 Å². The van der Waals surface area contributed by atoms with Crippen LogP contribution in [0.15, 0.2) is 78.9 Å². The van der Waals surface area contributed by atoms with E-state index in [9.17, 15) is 13.9 Å². The van der Waals surface area contributed by atoms with Gasteiger partial charge >= 0.3 is 6.03 Å². The van der Waals surface area contributed by atoms with Crippen LogP contribution in [0.2, 0.25) is 0 Å². The summed E-state index contributed by atoms with van der Waals surface area (Å²) in [5.74, 6) is 0. The molecule has 1 heterocycles. The van der Waals surface area contributed by atoms with Crippen LogP contribution in [0.4, 0.5) is 16.2 Å². The summed E-state index contributed by atoms with van der Waals surface area (Å²) < 4.78 is 33.9. The van der Waals surface area contributed by atoms with Crippen molar-refractivity contribution in [3.8, 4) is 0 Å². The molecule has 35 heavy (non-hydrogen) atoms. The quantitative estimate of drug-likeness (QED) is 0.405. The van der Waals surface area contributed by atoms with Crippen molar-refractivity contribution in [2.45, 2.75) is 32.0 Å². The number of hydrogen-bond acceptors (Lipinski definition) is 4. The van der Waals surface area contributed by atoms with Crippen LogP contribution in [0.1, 0.15) is 24.0 Å². The summed E-state index contributed by atoms with van der Waals surface area (Å²) in [5.41, 5.74) is 8.84. The maximum absolute atomic E-state index is 13.7. The molecule has 2 amide bonds. The van der Waals surface area contributed by atoms with E-state index in [2.05, 4.69) is 0 Å². The molecule has 0 spiro atoms. The van der Waals surface area contributed by atoms with Crippen LogP contribution >= 0.6 is 16.0 Å². The maximum atomic E-state index is 13.7. The molecule has 4 rings (SSSR count). The molecule has 1 aliphatic heterocycles. The molecule has 0 radical (unpaired) electrons. The van der Waals surface area contributed by atoms with Crippen LogP contribution in [0.5, 0.6) is 0 Å². The molecule has 3 aromatic carbocycles. The molecular weight excluding hydrogens is 480 g/mol. The number of aryl methyl sites for hydroxylation is 1. The smallest absolute Gasteiger partial charge is 0.323 e. The third-order valence-corrected chi connectivity index (χ3v) is 9.94. The van der Waals surface area contributed by atoms with Gasteiger partial charge in [-0.25, -0.2) is 9.46 Å². The molecule has 2 atom stereocenters. The second kappa shape index (κ2) is 11.8. The molecular formula is C26H31N3O4P2. The van der Waals surface area contributed by atoms with Gasteiger partial charge in [0, 0.05) is 24.1 Å². The number of rotatable bonds is 8. The number of piperidine rings is 1. The van der Waals surface area contributed by atoms with Gasteiger partial charge in [0.2, 0.25) is 0 Å². The number of anilines is 2. The first-order valence-electron chi connectivity index (χ1n) is 11.7. The molecule has 184 valence electrons. The van der Waals surface area contributed by atoms with E-state index in [4.69, 9.17) is 10.3 Å². The molecule has 7 nitrogen and oxygen atoms in total. The van der Waals surface area contributed by atoms with Crippen LogP contribution in [-0.2, 0) is 20.3 Å². The summed E-state index contributed by atoms with van der Waals surface area (Å²) in [6.45, 7) is 3.35. The van der Waals surface area contributed by atoms with Gasteiger partial charge in [-0.3, -0.25) is 9.46 Å². The van der Waals surface area contributed by atoms with E-state index in [1.807, 2.05) is 84.4 Å². The van der Waals surface area contributed by atoms with Crippen molar-refractivity contribution in [3.63, 3.8) is 0 Å². The number of carbonyl (C=O) groups is 1. The Morgan fingerprint density at radius 2 is 1.54 bits per heavy atom. The fourth-order valence-electron chi connectivity index (χ4n) is 4.41. The fraction of sp³-hybridized carbons (Fsp3) is 0.269. The first-order valence-corrected chi connectivity index (χ1v) is 14.4. The number of primary amides is 1. The summed E-state index contributed by atoms with van der Waals surface area (Å²) in [4.78, 5) is 13.9. The monoisotopic (exact) mass is 511 g/mol. The number of amides is 2. The van der Waals surface area contributed by atoms with Crippen LogP contribution in [0, 0.1) is 6.92 Å². The first-order chi connectivity index (χ1) is 17.0. The summed E-state index contributed by atoms with van der Waals surface area (Å²) in [6, 6.07) is 23.8. The Morgan fingerprint density at radius 3 is 2.20 bits per heavy atom. The van der Waals surface area contributed by atoms with Gasteiger partial charge in [-0.1, -0.05) is 60.7 Å². The summed E-state index contributed by atoms with van der Waals surface area (Å²) in [6.07, 6.45) is 1.30. The first kappa shape index (κ1) is 25.4. The van der Waals surface area contributed by atoms with E-state index in [0.29, 0.717) is 49.2 Å². The second-order valence-corrected chi connectivity index (χ2v) is 12.2. The molecule has 2 N–H and O–H groups in total. The van der Waals surface area contributed by atoms with Gasteiger partial charge in [0.15, 0.2) is 0 Å². The van der Waals surface area contributed by atoms with Crippen molar-refractivity contribution in [1.82, 2.24) is 4.67 Å². The van der Waals surface area contributed by atoms with Crippen molar-refractivity contribution < 1.29 is 18.4 Å². The highest BCUT2D eigenvalue weighted by molar-refractivity contribution is 7.54. The number of benzene rings is 3. The summed E-state index contributed by atoms with van der Waals surface area (Å²) in [5, 5.41) is 0.644. The van der Waals surface area contributed by atoms with Gasteiger partial charge < -0.3 is 14.8 Å². The molecule has 1 aliphatic rings. The number of nitrogens with two attached hydrogens (primary N) is 1. The molecule has 3 aromatic rings. The zero-order valence-corrected chi connectivity index (χ0v) is 21.7. The number of para-hydroxylation sites is 2. The van der Waals surface area contributed by atoms with Crippen molar-refractivity contribution in [2.24, 2.45) is 5.73 Å². The van der Waals surface area contributed by atoms with E-state index >= 15 is 0 Å². The lowest BCUT2D eigenvalue weighted by atomic mass is 10.1. The minimum absolute atomic E-state index is 0.0482. The predicted octanol–water partition coefficient (Wildman–Crippen LogP) is 5.47. The highest BCUT2D eigenvalue weighted by atomic mass is 31.1. The lowest BCUT2D eigenvalue weighted by Gasteiger charge is -2.32. The normalized spacial score (nSPS) is 16.5. The Morgan fingerprint density at radius 1 is 0.943 bits per heavy atom. The van der Waals surface area contributed by atoms with E-state index in [-0.39, 0.29) is 5.66 Å². The highest BCUT2D eigenvalue weighted by Crippen LogP contribution is 2.42. The molecule has 9 heteroatoms. The topological polar surface area (TPSA) is 92.9 Å². The zero-order chi connectivity index (χ0) is 24.8. The van der Waals surface area contributed by atoms with E-state index in [1.54, 1.807) is 6.07 Å². The second-order valence-electron chi connectivity index (χ2n) is 8.64. The maximum Gasteiger partial charge on any atom is 0.323 e. The summed E-state index contributed by atoms with van der Waals surface area (Å²) in [7, 11) is -4.61. The van der Waals surface area contributed by atoms with Crippen molar-refractivity contribution >= 4 is 38.7 Å². The van der Waals surface area contributed by atoms with Crippen molar-refractivity contribution in [2.75, 3.05) is 18.0 Å². The van der Waals surface area contributed by atoms with Gasteiger partial charge in [-0.2, -0.15) is 0 Å². The van der Waals surface area contributed by atoms with Gasteiger partial charge in [0.05, 0.1) is 18.0 Å². The number of hydrogen-bond donors (Lipinski definition) is 1. The lowest BCUT2D eigenvalue weighted by molar-refractivity contribution is 0.253. The number of carbonyl (C=O) groups excluding carboxylic acids is 1. The molecule has 0 bridgehead atoms. The molecule has 1 saturated heterocycles. The standard InChI is InChI=1S/C26H31N3O4P2/c1-20-9-5-6-12-23(20)29(26(27)30)24-13-7-8-14-25(24)34(31)22-15-17-28(18-16-22)35(32)33-19-21-10-3-2-4-11-21/h2-14,22,34-35H,15-19H2,1H3,(H2,27,30). The Hall–Kier alpha value is -2.69. The van der Waals surface area contributed by atoms with E-state index in [1.165, 1.54) is 4.90 Å². The van der Waals surface area contributed by atoms with Crippen molar-refractivity contribution in [1.29, 1.82) is 0 Å². The van der Waals surface area contributed by atoms with Crippen LogP contribution in [0.25, 0.3) is 0 Å². The van der Waals surface area contributed by atoms with Gasteiger partial charge in [0.1, 0.15) is 7.80 Å². The minimum Gasteiger partial charge on any atom is -0.351 e. The molecule has 0 saturated carbocycles. The third kappa shape index (κ3) is 6.12. The molecule has 2 unspecified atom stereocenters. The van der Waals surface area contributed by atoms with Gasteiger partial charge in [-0.15, -0.1) is 0 Å². The number of urea groups is 1. The van der Waals surface area contributed by atoms with E-state index in [0.717, 1.165) is 11.1 Å². The predicted molar refractivity (Wildman–Crippen MR) is 143 cm³/mol. The van der Waals surface area contributed by atoms with Crippen LogP contribution < -0.4 is 15.9 Å². The van der Waals surface area contributed by atoms with Crippen molar-refractivity contribution in [3.05, 3.63) is 90.0 Å². The molecule has 1 fully saturated rings.